The molecular weight excluding hydrogens is 448 g/mol. The molecule has 3 aromatic carbocycles. The highest BCUT2D eigenvalue weighted by molar-refractivity contribution is 7.80. The Morgan fingerprint density at radius 2 is 1.59 bits per heavy atom. The van der Waals surface area contributed by atoms with Gasteiger partial charge in [0.15, 0.2) is 16.6 Å². The van der Waals surface area contributed by atoms with Crippen LogP contribution in [0.2, 0.25) is 5.02 Å². The molecule has 0 heterocycles. The van der Waals surface area contributed by atoms with Crippen molar-refractivity contribution < 1.29 is 19.4 Å². The summed E-state index contributed by atoms with van der Waals surface area (Å²) in [5, 5.41) is 15.3. The highest BCUT2D eigenvalue weighted by Gasteiger charge is 2.15. The van der Waals surface area contributed by atoms with E-state index in [1.165, 1.54) is 12.1 Å². The summed E-state index contributed by atoms with van der Waals surface area (Å²) in [6.45, 7) is 0.914. The zero-order valence-corrected chi connectivity index (χ0v) is 19.2. The number of carboxylic acids is 1. The summed E-state index contributed by atoms with van der Waals surface area (Å²) >= 11 is 12.0. The smallest absolute Gasteiger partial charge is 0.174 e. The molecule has 0 atom stereocenters. The molecule has 0 fully saturated rings. The maximum absolute atomic E-state index is 11.0. The molecule has 0 aliphatic carbocycles. The number of para-hydroxylation sites is 1. The van der Waals surface area contributed by atoms with Gasteiger partial charge in [0.25, 0.3) is 0 Å². The molecule has 8 heteroatoms. The number of nitrogens with zero attached hydrogens (tertiary/aromatic N) is 1. The first-order chi connectivity index (χ1) is 15.4. The molecule has 0 aliphatic rings. The summed E-state index contributed by atoms with van der Waals surface area (Å²) in [6.07, 6.45) is 0. The van der Waals surface area contributed by atoms with E-state index in [9.17, 15) is 9.90 Å². The number of nitrogens with one attached hydrogen (secondary N) is 1. The van der Waals surface area contributed by atoms with Gasteiger partial charge in [-0.2, -0.15) is 0 Å². The Labute approximate surface area is 197 Å². The third kappa shape index (κ3) is 5.90. The van der Waals surface area contributed by atoms with E-state index in [0.717, 1.165) is 11.1 Å². The second-order valence-electron chi connectivity index (χ2n) is 6.94. The number of thiocarbonyl (C=S) groups is 1. The molecule has 0 bridgehead atoms. The second-order valence-corrected chi connectivity index (χ2v) is 7.73. The van der Waals surface area contributed by atoms with Gasteiger partial charge < -0.3 is 29.6 Å². The van der Waals surface area contributed by atoms with E-state index in [1.807, 2.05) is 41.3 Å². The van der Waals surface area contributed by atoms with Crippen LogP contribution in [0.1, 0.15) is 21.5 Å². The molecule has 0 aliphatic heterocycles. The first-order valence-corrected chi connectivity index (χ1v) is 10.5. The number of halogens is 1. The molecule has 0 saturated carbocycles. The number of ether oxygens (including phenoxy) is 2. The number of methoxy groups -OCH3 is 2. The number of rotatable bonds is 8. The molecular formula is C24H22ClN2O4S-. The molecule has 32 heavy (non-hydrogen) atoms. The average molecular weight is 470 g/mol. The van der Waals surface area contributed by atoms with Crippen molar-refractivity contribution in [1.82, 2.24) is 4.90 Å². The van der Waals surface area contributed by atoms with Gasteiger partial charge in [0.1, 0.15) is 0 Å². The molecule has 0 aromatic heterocycles. The summed E-state index contributed by atoms with van der Waals surface area (Å²) in [6, 6.07) is 19.5. The first kappa shape index (κ1) is 23.4. The van der Waals surface area contributed by atoms with Gasteiger partial charge in [0.2, 0.25) is 0 Å². The largest absolute Gasteiger partial charge is 0.545 e. The Morgan fingerprint density at radius 3 is 2.22 bits per heavy atom. The SMILES string of the molecule is COc1ccc(CN(Cc2ccc(C(=O)[O-])cc2)C(=S)Nc2ccccc2Cl)cc1OC. The van der Waals surface area contributed by atoms with Crippen LogP contribution in [0.5, 0.6) is 11.5 Å². The minimum atomic E-state index is -1.21. The fraction of sp³-hybridized carbons (Fsp3) is 0.167. The van der Waals surface area contributed by atoms with Crippen LogP contribution in [0.4, 0.5) is 5.69 Å². The highest BCUT2D eigenvalue weighted by Crippen LogP contribution is 2.29. The van der Waals surface area contributed by atoms with Crippen LogP contribution >= 0.6 is 23.8 Å². The lowest BCUT2D eigenvalue weighted by atomic mass is 10.1. The van der Waals surface area contributed by atoms with E-state index in [0.29, 0.717) is 40.4 Å². The topological polar surface area (TPSA) is 73.9 Å². The van der Waals surface area contributed by atoms with E-state index in [1.54, 1.807) is 32.4 Å². The van der Waals surface area contributed by atoms with E-state index in [4.69, 9.17) is 33.3 Å². The van der Waals surface area contributed by atoms with Gasteiger partial charge >= 0.3 is 0 Å². The maximum atomic E-state index is 11.0. The third-order valence-electron chi connectivity index (χ3n) is 4.79. The molecule has 1 N–H and O–H groups in total. The first-order valence-electron chi connectivity index (χ1n) is 9.73. The fourth-order valence-electron chi connectivity index (χ4n) is 3.12. The summed E-state index contributed by atoms with van der Waals surface area (Å²) in [7, 11) is 3.17. The van der Waals surface area contributed by atoms with Crippen molar-refractivity contribution in [2.75, 3.05) is 19.5 Å². The second kappa shape index (κ2) is 10.8. The average Bonchev–Trinajstić information content (AvgIpc) is 2.80. The number of benzene rings is 3. The standard InChI is InChI=1S/C24H23ClN2O4S/c1-30-21-12-9-17(13-22(21)31-2)15-27(14-16-7-10-18(11-8-16)23(28)29)24(32)26-20-6-4-3-5-19(20)25/h3-13H,14-15H2,1-2H3,(H,26,32)(H,28,29)/p-1. The zero-order valence-electron chi connectivity index (χ0n) is 17.6. The van der Waals surface area contributed by atoms with Crippen molar-refractivity contribution in [3.8, 4) is 11.5 Å². The molecule has 0 saturated heterocycles. The summed E-state index contributed by atoms with van der Waals surface area (Å²) in [5.41, 5.74) is 2.66. The van der Waals surface area contributed by atoms with Crippen molar-refractivity contribution in [2.45, 2.75) is 13.1 Å². The van der Waals surface area contributed by atoms with Crippen LogP contribution in [-0.2, 0) is 13.1 Å². The van der Waals surface area contributed by atoms with E-state index in [2.05, 4.69) is 5.32 Å². The van der Waals surface area contributed by atoms with E-state index < -0.39 is 5.97 Å². The zero-order chi connectivity index (χ0) is 23.1. The predicted molar refractivity (Wildman–Crippen MR) is 127 cm³/mol. The Morgan fingerprint density at radius 1 is 0.969 bits per heavy atom. The summed E-state index contributed by atoms with van der Waals surface area (Å²) < 4.78 is 10.7. The predicted octanol–water partition coefficient (Wildman–Crippen LogP) is 4.12. The number of anilines is 1. The Balaban J connectivity index is 1.86. The minimum Gasteiger partial charge on any atom is -0.545 e. The summed E-state index contributed by atoms with van der Waals surface area (Å²) in [5.74, 6) is 0.0420. The van der Waals surface area contributed by atoms with Gasteiger partial charge in [0.05, 0.1) is 30.9 Å². The molecule has 3 aromatic rings. The van der Waals surface area contributed by atoms with E-state index >= 15 is 0 Å². The molecule has 0 radical (unpaired) electrons. The van der Waals surface area contributed by atoms with Crippen LogP contribution in [-0.4, -0.2) is 30.2 Å². The van der Waals surface area contributed by atoms with Crippen molar-refractivity contribution in [2.24, 2.45) is 0 Å². The molecule has 0 spiro atoms. The maximum Gasteiger partial charge on any atom is 0.174 e. The normalized spacial score (nSPS) is 10.3. The summed E-state index contributed by atoms with van der Waals surface area (Å²) in [4.78, 5) is 13.0. The number of carbonyl (C=O) groups is 1. The van der Waals surface area contributed by atoms with Crippen molar-refractivity contribution >= 4 is 40.6 Å². The number of aromatic carboxylic acids is 1. The van der Waals surface area contributed by atoms with E-state index in [-0.39, 0.29) is 5.56 Å². The van der Waals surface area contributed by atoms with Crippen LogP contribution in [0, 0.1) is 0 Å². The Bertz CT molecular complexity index is 1110. The number of hydrogen-bond donors (Lipinski definition) is 1. The van der Waals surface area contributed by atoms with Gasteiger partial charge in [-0.05, 0) is 53.2 Å². The van der Waals surface area contributed by atoms with Crippen LogP contribution in [0.25, 0.3) is 0 Å². The highest BCUT2D eigenvalue weighted by atomic mass is 35.5. The van der Waals surface area contributed by atoms with Gasteiger partial charge in [-0.1, -0.05) is 54.1 Å². The van der Waals surface area contributed by atoms with Gasteiger partial charge in [-0.15, -0.1) is 0 Å². The molecule has 3 rings (SSSR count). The van der Waals surface area contributed by atoms with Crippen LogP contribution < -0.4 is 19.9 Å². The van der Waals surface area contributed by atoms with Crippen molar-refractivity contribution in [1.29, 1.82) is 0 Å². The fourth-order valence-corrected chi connectivity index (χ4v) is 3.54. The number of carbonyl (C=O) groups excluding carboxylic acids is 1. The van der Waals surface area contributed by atoms with Gasteiger partial charge in [-0.25, -0.2) is 0 Å². The third-order valence-corrected chi connectivity index (χ3v) is 5.48. The molecule has 0 amide bonds. The number of carboxylic acid groups (broad SMARTS) is 1. The molecule has 166 valence electrons. The Kier molecular flexibility index (Phi) is 7.92. The Hall–Kier alpha value is -3.29. The number of hydrogen-bond acceptors (Lipinski definition) is 5. The lowest BCUT2D eigenvalue weighted by molar-refractivity contribution is -0.255. The molecule has 0 unspecified atom stereocenters. The lowest BCUT2D eigenvalue weighted by Crippen LogP contribution is -2.34. The lowest BCUT2D eigenvalue weighted by Gasteiger charge is -2.27. The van der Waals surface area contributed by atoms with Gasteiger partial charge in [-0.3, -0.25) is 0 Å². The van der Waals surface area contributed by atoms with Crippen LogP contribution in [0.3, 0.4) is 0 Å². The van der Waals surface area contributed by atoms with Crippen molar-refractivity contribution in [3.63, 3.8) is 0 Å². The minimum absolute atomic E-state index is 0.122. The molecule has 6 nitrogen and oxygen atoms in total. The monoisotopic (exact) mass is 469 g/mol. The quantitative estimate of drug-likeness (QED) is 0.497. The van der Waals surface area contributed by atoms with Gasteiger partial charge in [0, 0.05) is 13.1 Å². The van der Waals surface area contributed by atoms with Crippen molar-refractivity contribution in [3.05, 3.63) is 88.4 Å². The van der Waals surface area contributed by atoms with Crippen LogP contribution in [0.15, 0.2) is 66.7 Å².